The molecule has 3 rings (SSSR count). The zero-order chi connectivity index (χ0) is 13.4. The lowest BCUT2D eigenvalue weighted by Crippen LogP contribution is -2.45. The van der Waals surface area contributed by atoms with E-state index in [9.17, 15) is 4.79 Å². The molecule has 1 atom stereocenters. The van der Waals surface area contributed by atoms with E-state index in [1.54, 1.807) is 6.07 Å². The van der Waals surface area contributed by atoms with Crippen molar-refractivity contribution in [3.05, 3.63) is 33.3 Å². The van der Waals surface area contributed by atoms with Crippen molar-refractivity contribution in [1.29, 1.82) is 0 Å². The van der Waals surface area contributed by atoms with Crippen molar-refractivity contribution in [2.45, 2.75) is 31.8 Å². The molecule has 110 valence electrons. The molecule has 1 amide bonds. The summed E-state index contributed by atoms with van der Waals surface area (Å²) in [4.78, 5) is 14.3. The first-order valence-electron chi connectivity index (χ1n) is 6.64. The average Bonchev–Trinajstić information content (AvgIpc) is 2.90. The Labute approximate surface area is 135 Å². The molecule has 2 aliphatic rings. The van der Waals surface area contributed by atoms with Gasteiger partial charge in [0.2, 0.25) is 5.91 Å². The highest BCUT2D eigenvalue weighted by Crippen LogP contribution is 2.30. The number of carbonyl (C=O) groups is 1. The third-order valence-electron chi connectivity index (χ3n) is 3.92. The summed E-state index contributed by atoms with van der Waals surface area (Å²) in [5, 5.41) is 4.61. The molecular weight excluding hydrogens is 319 g/mol. The highest BCUT2D eigenvalue weighted by molar-refractivity contribution is 6.35. The van der Waals surface area contributed by atoms with Crippen LogP contribution < -0.4 is 5.32 Å². The summed E-state index contributed by atoms with van der Waals surface area (Å²) < 4.78 is 0. The van der Waals surface area contributed by atoms with Gasteiger partial charge in [-0.3, -0.25) is 4.79 Å². The third kappa shape index (κ3) is 3.06. The molecule has 1 saturated heterocycles. The molecule has 0 radical (unpaired) electrons. The van der Waals surface area contributed by atoms with Crippen LogP contribution in [0.1, 0.15) is 24.0 Å². The van der Waals surface area contributed by atoms with Gasteiger partial charge in [0.25, 0.3) is 0 Å². The lowest BCUT2D eigenvalue weighted by Gasteiger charge is -2.31. The standard InChI is InChI=1S/C14H16Cl2N2O.ClH/c15-10-6-9-8-18(5-3-11(9)12(16)7-10)14(19)13-2-1-4-17-13;/h6-7,13,17H,1-5,8H2;1H. The van der Waals surface area contributed by atoms with Crippen molar-refractivity contribution in [2.24, 2.45) is 0 Å². The number of nitrogens with one attached hydrogen (secondary N) is 1. The fraction of sp³-hybridized carbons (Fsp3) is 0.500. The Balaban J connectivity index is 0.00000147. The Morgan fingerprint density at radius 2 is 2.15 bits per heavy atom. The fourth-order valence-corrected chi connectivity index (χ4v) is 3.54. The number of benzene rings is 1. The van der Waals surface area contributed by atoms with Gasteiger partial charge in [-0.15, -0.1) is 12.4 Å². The molecule has 2 heterocycles. The quantitative estimate of drug-likeness (QED) is 0.855. The zero-order valence-corrected chi connectivity index (χ0v) is 13.3. The summed E-state index contributed by atoms with van der Waals surface area (Å²) in [6, 6.07) is 3.69. The smallest absolute Gasteiger partial charge is 0.240 e. The maximum Gasteiger partial charge on any atom is 0.240 e. The molecule has 20 heavy (non-hydrogen) atoms. The van der Waals surface area contributed by atoms with E-state index in [0.717, 1.165) is 43.5 Å². The second-order valence-corrected chi connectivity index (χ2v) is 6.03. The minimum absolute atomic E-state index is 0. The number of nitrogens with zero attached hydrogens (tertiary/aromatic N) is 1. The van der Waals surface area contributed by atoms with E-state index in [0.29, 0.717) is 16.6 Å². The zero-order valence-electron chi connectivity index (χ0n) is 11.0. The summed E-state index contributed by atoms with van der Waals surface area (Å²) in [5.74, 6) is 0.208. The summed E-state index contributed by atoms with van der Waals surface area (Å²) in [5.41, 5.74) is 2.21. The van der Waals surface area contributed by atoms with E-state index < -0.39 is 0 Å². The van der Waals surface area contributed by atoms with Crippen LogP contribution in [0.4, 0.5) is 0 Å². The second-order valence-electron chi connectivity index (χ2n) is 5.18. The van der Waals surface area contributed by atoms with Crippen LogP contribution >= 0.6 is 35.6 Å². The summed E-state index contributed by atoms with van der Waals surface area (Å²) in [6.07, 6.45) is 2.83. The van der Waals surface area contributed by atoms with Crippen LogP contribution in [0.5, 0.6) is 0 Å². The van der Waals surface area contributed by atoms with E-state index >= 15 is 0 Å². The van der Waals surface area contributed by atoms with Gasteiger partial charge >= 0.3 is 0 Å². The van der Waals surface area contributed by atoms with Gasteiger partial charge in [-0.1, -0.05) is 23.2 Å². The number of hydrogen-bond donors (Lipinski definition) is 1. The van der Waals surface area contributed by atoms with Gasteiger partial charge in [0, 0.05) is 23.1 Å². The molecule has 0 saturated carbocycles. The summed E-state index contributed by atoms with van der Waals surface area (Å²) >= 11 is 12.2. The predicted molar refractivity (Wildman–Crippen MR) is 83.9 cm³/mol. The van der Waals surface area contributed by atoms with Gasteiger partial charge in [-0.2, -0.15) is 0 Å². The summed E-state index contributed by atoms with van der Waals surface area (Å²) in [7, 11) is 0. The van der Waals surface area contributed by atoms with E-state index in [-0.39, 0.29) is 24.4 Å². The van der Waals surface area contributed by atoms with Crippen LogP contribution in [0, 0.1) is 0 Å². The number of halogens is 3. The SMILES string of the molecule is Cl.O=C(C1CCCN1)N1CCc2c(Cl)cc(Cl)cc2C1. The van der Waals surface area contributed by atoms with Crippen molar-refractivity contribution >= 4 is 41.5 Å². The number of fused-ring (bicyclic) bond motifs is 1. The molecule has 0 bridgehead atoms. The summed E-state index contributed by atoms with van der Waals surface area (Å²) in [6.45, 7) is 2.30. The van der Waals surface area contributed by atoms with Crippen LogP contribution in [0.2, 0.25) is 10.0 Å². The molecule has 1 N–H and O–H groups in total. The van der Waals surface area contributed by atoms with Crippen molar-refractivity contribution in [2.75, 3.05) is 13.1 Å². The molecule has 1 fully saturated rings. The predicted octanol–water partition coefficient (Wildman–Crippen LogP) is 3.05. The first kappa shape index (κ1) is 15.9. The Kier molecular flexibility index (Phi) is 5.19. The average molecular weight is 336 g/mol. The van der Waals surface area contributed by atoms with Crippen LogP contribution in [0.15, 0.2) is 12.1 Å². The molecule has 0 spiro atoms. The molecule has 6 heteroatoms. The highest BCUT2D eigenvalue weighted by Gasteiger charge is 2.29. The Morgan fingerprint density at radius 1 is 1.35 bits per heavy atom. The lowest BCUT2D eigenvalue weighted by atomic mass is 9.99. The molecule has 3 nitrogen and oxygen atoms in total. The maximum absolute atomic E-state index is 12.4. The van der Waals surface area contributed by atoms with Crippen molar-refractivity contribution in [3.8, 4) is 0 Å². The lowest BCUT2D eigenvalue weighted by molar-refractivity contribution is -0.134. The van der Waals surface area contributed by atoms with Crippen LogP contribution in [-0.2, 0) is 17.8 Å². The van der Waals surface area contributed by atoms with Gasteiger partial charge in [-0.25, -0.2) is 0 Å². The fourth-order valence-electron chi connectivity index (χ4n) is 2.91. The number of hydrogen-bond acceptors (Lipinski definition) is 2. The van der Waals surface area contributed by atoms with Crippen molar-refractivity contribution in [3.63, 3.8) is 0 Å². The molecular formula is C14H17Cl3N2O. The van der Waals surface area contributed by atoms with Crippen LogP contribution in [0.3, 0.4) is 0 Å². The molecule has 0 aromatic heterocycles. The van der Waals surface area contributed by atoms with E-state index in [1.165, 1.54) is 0 Å². The molecule has 1 aromatic carbocycles. The maximum atomic E-state index is 12.4. The van der Waals surface area contributed by atoms with E-state index in [2.05, 4.69) is 5.32 Å². The van der Waals surface area contributed by atoms with Gasteiger partial charge in [0.15, 0.2) is 0 Å². The minimum Gasteiger partial charge on any atom is -0.337 e. The first-order valence-corrected chi connectivity index (χ1v) is 7.40. The Bertz CT molecular complexity index is 515. The Morgan fingerprint density at radius 3 is 2.85 bits per heavy atom. The molecule has 1 aromatic rings. The van der Waals surface area contributed by atoms with Crippen molar-refractivity contribution < 1.29 is 4.79 Å². The highest BCUT2D eigenvalue weighted by atomic mass is 35.5. The van der Waals surface area contributed by atoms with E-state index in [1.807, 2.05) is 11.0 Å². The number of amides is 1. The molecule has 2 aliphatic heterocycles. The largest absolute Gasteiger partial charge is 0.337 e. The topological polar surface area (TPSA) is 32.3 Å². The van der Waals surface area contributed by atoms with Crippen LogP contribution in [0.25, 0.3) is 0 Å². The van der Waals surface area contributed by atoms with Gasteiger partial charge < -0.3 is 10.2 Å². The van der Waals surface area contributed by atoms with E-state index in [4.69, 9.17) is 23.2 Å². The van der Waals surface area contributed by atoms with Gasteiger partial charge in [-0.05, 0) is 49.1 Å². The van der Waals surface area contributed by atoms with Gasteiger partial charge in [0.1, 0.15) is 0 Å². The molecule has 0 aliphatic carbocycles. The molecule has 1 unspecified atom stereocenters. The monoisotopic (exact) mass is 334 g/mol. The first-order chi connectivity index (χ1) is 9.15. The minimum atomic E-state index is -0.00351. The second kappa shape index (κ2) is 6.52. The number of carbonyl (C=O) groups excluding carboxylic acids is 1. The van der Waals surface area contributed by atoms with Crippen molar-refractivity contribution in [1.82, 2.24) is 10.2 Å². The van der Waals surface area contributed by atoms with Gasteiger partial charge in [0.05, 0.1) is 6.04 Å². The van der Waals surface area contributed by atoms with Crippen LogP contribution in [-0.4, -0.2) is 29.9 Å². The normalized spacial score (nSPS) is 21.3. The Hall–Kier alpha value is -0.480. The number of rotatable bonds is 1. The third-order valence-corrected chi connectivity index (χ3v) is 4.47.